The van der Waals surface area contributed by atoms with E-state index in [1.165, 1.54) is 0 Å². The minimum Gasteiger partial charge on any atom is -0.325 e. The average Bonchev–Trinajstić information content (AvgIpc) is 3.09. The number of rotatable bonds is 3. The Morgan fingerprint density at radius 2 is 2.00 bits per heavy atom. The average molecular weight is 404 g/mol. The van der Waals surface area contributed by atoms with Gasteiger partial charge in [-0.15, -0.1) is 0 Å². The molecule has 29 heavy (non-hydrogen) atoms. The second kappa shape index (κ2) is 7.28. The van der Waals surface area contributed by atoms with E-state index in [2.05, 4.69) is 14.9 Å². The Morgan fingerprint density at radius 3 is 2.72 bits per heavy atom. The van der Waals surface area contributed by atoms with Crippen LogP contribution in [0.15, 0.2) is 41.5 Å². The van der Waals surface area contributed by atoms with Crippen LogP contribution in [0, 0.1) is 13.5 Å². The molecule has 0 amide bonds. The zero-order chi connectivity index (χ0) is 20.7. The summed E-state index contributed by atoms with van der Waals surface area (Å²) in [7, 11) is 1.83. The minimum atomic E-state index is -0.0177. The Balaban J connectivity index is 1.95. The van der Waals surface area contributed by atoms with E-state index in [1.54, 1.807) is 16.9 Å². The van der Waals surface area contributed by atoms with Crippen molar-refractivity contribution in [2.45, 2.75) is 6.92 Å². The van der Waals surface area contributed by atoms with Crippen LogP contribution < -0.4 is 5.73 Å². The van der Waals surface area contributed by atoms with Gasteiger partial charge in [-0.3, -0.25) is 14.5 Å². The summed E-state index contributed by atoms with van der Waals surface area (Å²) >= 11 is 6.34. The molecule has 0 atom stereocenters. The summed E-state index contributed by atoms with van der Waals surface area (Å²) < 4.78 is 1.73. The summed E-state index contributed by atoms with van der Waals surface area (Å²) in [5.41, 5.74) is 12.5. The zero-order valence-electron chi connectivity index (χ0n) is 16.0. The number of nitrogens with two attached hydrogens (primary N) is 1. The molecule has 144 valence electrons. The number of halogens is 1. The summed E-state index contributed by atoms with van der Waals surface area (Å²) in [6.07, 6.45) is 1.75. The first-order chi connectivity index (χ1) is 13.9. The molecule has 0 fully saturated rings. The van der Waals surface area contributed by atoms with Crippen LogP contribution in [-0.2, 0) is 7.05 Å². The number of ketones is 1. The smallest absolute Gasteiger partial charge is 0.214 e. The van der Waals surface area contributed by atoms with Crippen molar-refractivity contribution in [2.75, 3.05) is 13.1 Å². The molecule has 0 spiro atoms. The molecule has 0 saturated heterocycles. The standard InChI is InChI=1S/C22H18ClN5O/c1-12-6-16(21(25-2)18(23)7-12)22-17(10-27-28(22)3)13-4-5-14-15(8-13)19(9-24)26-11-20(14)29/h4-8,10H,9,11,24H2,1,3H3. The van der Waals surface area contributed by atoms with Gasteiger partial charge in [0.05, 0.1) is 24.2 Å². The molecule has 1 aliphatic rings. The number of benzene rings is 2. The molecule has 0 aliphatic carbocycles. The summed E-state index contributed by atoms with van der Waals surface area (Å²) in [6, 6.07) is 9.35. The molecule has 0 saturated carbocycles. The first kappa shape index (κ1) is 19.1. The highest BCUT2D eigenvalue weighted by Crippen LogP contribution is 2.42. The van der Waals surface area contributed by atoms with Crippen LogP contribution in [0.5, 0.6) is 0 Å². The van der Waals surface area contributed by atoms with Gasteiger partial charge in [-0.25, -0.2) is 4.85 Å². The third-order valence-electron chi connectivity index (χ3n) is 5.06. The zero-order valence-corrected chi connectivity index (χ0v) is 16.8. The minimum absolute atomic E-state index is 0.0177. The largest absolute Gasteiger partial charge is 0.325 e. The third kappa shape index (κ3) is 3.15. The lowest BCUT2D eigenvalue weighted by Crippen LogP contribution is -2.24. The van der Waals surface area contributed by atoms with Gasteiger partial charge in [0.25, 0.3) is 0 Å². The number of aryl methyl sites for hydroxylation is 2. The molecule has 6 nitrogen and oxygen atoms in total. The number of hydrogen-bond donors (Lipinski definition) is 1. The first-order valence-electron chi connectivity index (χ1n) is 9.06. The SMILES string of the molecule is [C-]#[N+]c1c(Cl)cc(C)cc1-c1c(-c2ccc3c(c2)C(CN)=NCC3=O)cnn1C. The molecule has 0 unspecified atom stereocenters. The summed E-state index contributed by atoms with van der Waals surface area (Å²) in [5.74, 6) is -0.0177. The molecule has 1 aliphatic heterocycles. The van der Waals surface area contributed by atoms with Crippen LogP contribution in [0.2, 0.25) is 5.02 Å². The van der Waals surface area contributed by atoms with Crippen molar-refractivity contribution in [3.05, 3.63) is 69.7 Å². The molecule has 0 bridgehead atoms. The fraction of sp³-hybridized carbons (Fsp3) is 0.182. The Bertz CT molecular complexity index is 1230. The lowest BCUT2D eigenvalue weighted by molar-refractivity contribution is 0.1000. The predicted molar refractivity (Wildman–Crippen MR) is 115 cm³/mol. The van der Waals surface area contributed by atoms with Crippen LogP contribution in [0.3, 0.4) is 0 Å². The number of aliphatic imine (C=N–C) groups is 1. The quantitative estimate of drug-likeness (QED) is 0.665. The van der Waals surface area contributed by atoms with Crippen LogP contribution >= 0.6 is 11.6 Å². The second-order valence-corrected chi connectivity index (χ2v) is 7.34. The Hall–Kier alpha value is -3.27. The van der Waals surface area contributed by atoms with Gasteiger partial charge >= 0.3 is 0 Å². The predicted octanol–water partition coefficient (Wildman–Crippen LogP) is 4.21. The Labute approximate surface area is 173 Å². The van der Waals surface area contributed by atoms with Gasteiger partial charge in [0.15, 0.2) is 5.78 Å². The van der Waals surface area contributed by atoms with Crippen molar-refractivity contribution >= 4 is 28.8 Å². The van der Waals surface area contributed by atoms with Crippen molar-refractivity contribution in [3.63, 3.8) is 0 Å². The third-order valence-corrected chi connectivity index (χ3v) is 5.35. The van der Waals surface area contributed by atoms with Crippen molar-refractivity contribution < 1.29 is 4.79 Å². The first-order valence-corrected chi connectivity index (χ1v) is 9.43. The van der Waals surface area contributed by atoms with E-state index in [1.807, 2.05) is 38.2 Å². The van der Waals surface area contributed by atoms with Gasteiger partial charge in [0.1, 0.15) is 6.54 Å². The van der Waals surface area contributed by atoms with Crippen molar-refractivity contribution in [1.29, 1.82) is 0 Å². The maximum atomic E-state index is 12.2. The Morgan fingerprint density at radius 1 is 1.21 bits per heavy atom. The van der Waals surface area contributed by atoms with Gasteiger partial charge in [0, 0.05) is 40.9 Å². The molecule has 0 radical (unpaired) electrons. The van der Waals surface area contributed by atoms with Gasteiger partial charge < -0.3 is 5.73 Å². The van der Waals surface area contributed by atoms with E-state index in [0.29, 0.717) is 22.0 Å². The number of nitrogens with zero attached hydrogens (tertiary/aromatic N) is 4. The summed E-state index contributed by atoms with van der Waals surface area (Å²) in [6.45, 7) is 9.92. The maximum absolute atomic E-state index is 12.2. The molecule has 4 rings (SSSR count). The molecule has 3 aromatic rings. The number of aromatic nitrogens is 2. The lowest BCUT2D eigenvalue weighted by Gasteiger charge is -2.17. The molecule has 2 aromatic carbocycles. The topological polar surface area (TPSA) is 77.6 Å². The summed E-state index contributed by atoms with van der Waals surface area (Å²) in [4.78, 5) is 20.2. The van der Waals surface area contributed by atoms with Gasteiger partial charge in [-0.05, 0) is 18.6 Å². The number of carbonyl (C=O) groups is 1. The number of fused-ring (bicyclic) bond motifs is 1. The molecular formula is C22H18ClN5O. The highest BCUT2D eigenvalue weighted by Gasteiger charge is 2.23. The van der Waals surface area contributed by atoms with Crippen molar-refractivity contribution in [1.82, 2.24) is 9.78 Å². The Kier molecular flexibility index (Phi) is 4.79. The molecule has 1 aromatic heterocycles. The van der Waals surface area contributed by atoms with E-state index in [0.717, 1.165) is 33.5 Å². The number of carbonyl (C=O) groups excluding carboxylic acids is 1. The highest BCUT2D eigenvalue weighted by molar-refractivity contribution is 6.34. The molecule has 7 heteroatoms. The lowest BCUT2D eigenvalue weighted by atomic mass is 9.91. The highest BCUT2D eigenvalue weighted by atomic mass is 35.5. The second-order valence-electron chi connectivity index (χ2n) is 6.94. The van der Waals surface area contributed by atoms with Gasteiger partial charge in [0.2, 0.25) is 5.69 Å². The van der Waals surface area contributed by atoms with Gasteiger partial charge in [-0.2, -0.15) is 5.10 Å². The molecular weight excluding hydrogens is 386 g/mol. The maximum Gasteiger partial charge on any atom is 0.214 e. The molecule has 2 N–H and O–H groups in total. The van der Waals surface area contributed by atoms with Crippen molar-refractivity contribution in [3.8, 4) is 22.4 Å². The van der Waals surface area contributed by atoms with Gasteiger partial charge in [-0.1, -0.05) is 41.4 Å². The fourth-order valence-corrected chi connectivity index (χ4v) is 4.02. The van der Waals surface area contributed by atoms with Crippen LogP contribution in [0.4, 0.5) is 5.69 Å². The van der Waals surface area contributed by atoms with E-state index >= 15 is 0 Å². The van der Waals surface area contributed by atoms with Crippen molar-refractivity contribution in [2.24, 2.45) is 17.8 Å². The number of hydrogen-bond acceptors (Lipinski definition) is 4. The van der Waals surface area contributed by atoms with Crippen LogP contribution in [0.1, 0.15) is 21.5 Å². The normalized spacial score (nSPS) is 13.1. The monoisotopic (exact) mass is 403 g/mol. The van der Waals surface area contributed by atoms with E-state index in [9.17, 15) is 4.79 Å². The van der Waals surface area contributed by atoms with Crippen LogP contribution in [0.25, 0.3) is 27.2 Å². The van der Waals surface area contributed by atoms with E-state index < -0.39 is 0 Å². The summed E-state index contributed by atoms with van der Waals surface area (Å²) in [5, 5.41) is 4.83. The van der Waals surface area contributed by atoms with E-state index in [4.69, 9.17) is 23.9 Å². The van der Waals surface area contributed by atoms with Crippen LogP contribution in [-0.4, -0.2) is 34.4 Å². The van der Waals surface area contributed by atoms with E-state index in [-0.39, 0.29) is 18.9 Å². The molecule has 2 heterocycles. The fourth-order valence-electron chi connectivity index (χ4n) is 3.70. The number of Topliss-reactive ketones (excluding diaryl/α,β-unsaturated/α-hetero) is 1.